The first-order valence-corrected chi connectivity index (χ1v) is 10.5. The van der Waals surface area contributed by atoms with E-state index in [1.165, 1.54) is 5.56 Å². The molecule has 1 saturated carbocycles. The van der Waals surface area contributed by atoms with Gasteiger partial charge in [0, 0.05) is 29.9 Å². The van der Waals surface area contributed by atoms with E-state index < -0.39 is 5.91 Å². The van der Waals surface area contributed by atoms with Gasteiger partial charge in [0.05, 0.1) is 6.54 Å². The Hall–Kier alpha value is -3.55. The smallest absolute Gasteiger partial charge is 0.276 e. The van der Waals surface area contributed by atoms with Crippen LogP contribution < -0.4 is 25.8 Å². The number of fused-ring (bicyclic) bond motifs is 1. The molecule has 3 N–H and O–H groups in total. The van der Waals surface area contributed by atoms with Gasteiger partial charge in [-0.2, -0.15) is 0 Å². The summed E-state index contributed by atoms with van der Waals surface area (Å²) >= 11 is 0. The molecule has 1 aliphatic carbocycles. The number of rotatable bonds is 7. The molecule has 2 aromatic rings. The highest BCUT2D eigenvalue weighted by Gasteiger charge is 2.29. The van der Waals surface area contributed by atoms with Gasteiger partial charge in [-0.1, -0.05) is 24.3 Å². The van der Waals surface area contributed by atoms with Crippen LogP contribution in [0.2, 0.25) is 0 Å². The topological polar surface area (TPSA) is 99.8 Å². The minimum absolute atomic E-state index is 0.00827. The number of ether oxygens (including phenoxy) is 1. The molecule has 1 aliphatic heterocycles. The summed E-state index contributed by atoms with van der Waals surface area (Å²) in [6.07, 6.45) is 3.86. The third-order valence-corrected chi connectivity index (χ3v) is 5.30. The number of nitrogens with zero attached hydrogens (tertiary/aromatic N) is 1. The summed E-state index contributed by atoms with van der Waals surface area (Å²) in [6.45, 7) is 0.711. The number of carbonyl (C=O) groups excluding carboxylic acids is 3. The van der Waals surface area contributed by atoms with Crippen molar-refractivity contribution in [3.05, 3.63) is 54.1 Å². The van der Waals surface area contributed by atoms with E-state index in [0.717, 1.165) is 37.9 Å². The van der Waals surface area contributed by atoms with E-state index in [1.807, 2.05) is 23.1 Å². The van der Waals surface area contributed by atoms with E-state index in [2.05, 4.69) is 22.2 Å². The fourth-order valence-corrected chi connectivity index (χ4v) is 3.57. The number of nitrogens with one attached hydrogen (secondary N) is 3. The maximum atomic E-state index is 12.3. The van der Waals surface area contributed by atoms with E-state index in [9.17, 15) is 14.4 Å². The highest BCUT2D eigenvalue weighted by Crippen LogP contribution is 2.30. The number of benzene rings is 2. The molecule has 0 radical (unpaired) electrons. The van der Waals surface area contributed by atoms with Gasteiger partial charge in [0.2, 0.25) is 5.91 Å². The van der Waals surface area contributed by atoms with Crippen molar-refractivity contribution in [2.45, 2.75) is 25.7 Å². The lowest BCUT2D eigenvalue weighted by atomic mass is 10.0. The van der Waals surface area contributed by atoms with Crippen molar-refractivity contribution in [1.29, 1.82) is 0 Å². The monoisotopic (exact) mass is 422 g/mol. The normalized spacial score (nSPS) is 14.9. The highest BCUT2D eigenvalue weighted by atomic mass is 16.5. The van der Waals surface area contributed by atoms with E-state index >= 15 is 0 Å². The summed E-state index contributed by atoms with van der Waals surface area (Å²) in [7, 11) is 0. The molecular weight excluding hydrogens is 396 g/mol. The standard InChI is InChI=1S/C23H26N4O4/c28-21(14-27-12-4-6-16-5-1-2-9-20(16)27)25-26-22(29)15-31-19-8-3-7-18(13-19)24-23(30)17-10-11-17/h1-3,5,7-9,13,17H,4,6,10-12,14-15H2,(H,24,30)(H,25,28)(H,26,29). The lowest BCUT2D eigenvalue weighted by Crippen LogP contribution is -2.48. The van der Waals surface area contributed by atoms with Crippen LogP contribution in [0.15, 0.2) is 48.5 Å². The van der Waals surface area contributed by atoms with Crippen molar-refractivity contribution in [2.75, 3.05) is 29.9 Å². The third kappa shape index (κ3) is 5.75. The van der Waals surface area contributed by atoms with Gasteiger partial charge in [0.1, 0.15) is 5.75 Å². The van der Waals surface area contributed by atoms with Crippen LogP contribution in [-0.2, 0) is 20.8 Å². The van der Waals surface area contributed by atoms with Gasteiger partial charge in [-0.15, -0.1) is 0 Å². The number of amides is 3. The summed E-state index contributed by atoms with van der Waals surface area (Å²) in [5.74, 6) is -0.194. The molecule has 0 atom stereocenters. The van der Waals surface area contributed by atoms with E-state index in [1.54, 1.807) is 24.3 Å². The van der Waals surface area contributed by atoms with Crippen molar-refractivity contribution in [2.24, 2.45) is 5.92 Å². The molecule has 8 nitrogen and oxygen atoms in total. The zero-order valence-electron chi connectivity index (χ0n) is 17.2. The molecule has 0 aromatic heterocycles. The van der Waals surface area contributed by atoms with Crippen molar-refractivity contribution in [3.8, 4) is 5.75 Å². The van der Waals surface area contributed by atoms with Crippen LogP contribution in [0, 0.1) is 5.92 Å². The lowest BCUT2D eigenvalue weighted by molar-refractivity contribution is -0.129. The van der Waals surface area contributed by atoms with Crippen LogP contribution in [0.5, 0.6) is 5.75 Å². The molecule has 4 rings (SSSR count). The maximum Gasteiger partial charge on any atom is 0.276 e. The Kier molecular flexibility index (Phi) is 6.35. The van der Waals surface area contributed by atoms with Gasteiger partial charge in [0.25, 0.3) is 11.8 Å². The first-order valence-electron chi connectivity index (χ1n) is 10.5. The molecule has 31 heavy (non-hydrogen) atoms. The number of carbonyl (C=O) groups is 3. The van der Waals surface area contributed by atoms with Crippen LogP contribution in [-0.4, -0.2) is 37.4 Å². The van der Waals surface area contributed by atoms with Gasteiger partial charge in [-0.05, 0) is 49.4 Å². The Morgan fingerprint density at radius 2 is 1.81 bits per heavy atom. The first-order chi connectivity index (χ1) is 15.1. The zero-order valence-corrected chi connectivity index (χ0v) is 17.2. The van der Waals surface area contributed by atoms with Crippen LogP contribution in [0.25, 0.3) is 0 Å². The molecule has 0 spiro atoms. The van der Waals surface area contributed by atoms with E-state index in [4.69, 9.17) is 4.74 Å². The van der Waals surface area contributed by atoms with Gasteiger partial charge in [0.15, 0.2) is 6.61 Å². The molecule has 2 aromatic carbocycles. The molecule has 2 aliphatic rings. The van der Waals surface area contributed by atoms with Crippen LogP contribution in [0.1, 0.15) is 24.8 Å². The fraction of sp³-hybridized carbons (Fsp3) is 0.348. The summed E-state index contributed by atoms with van der Waals surface area (Å²) in [5.41, 5.74) is 7.74. The highest BCUT2D eigenvalue weighted by molar-refractivity contribution is 5.94. The Labute approximate surface area is 180 Å². The average molecular weight is 422 g/mol. The van der Waals surface area contributed by atoms with Gasteiger partial charge in [-0.3, -0.25) is 25.2 Å². The Balaban J connectivity index is 1.20. The second-order valence-corrected chi connectivity index (χ2v) is 7.83. The predicted molar refractivity (Wildman–Crippen MR) is 117 cm³/mol. The van der Waals surface area contributed by atoms with Gasteiger partial charge >= 0.3 is 0 Å². The summed E-state index contributed by atoms with van der Waals surface area (Å²) in [4.78, 5) is 38.2. The molecule has 1 fully saturated rings. The Morgan fingerprint density at radius 3 is 2.65 bits per heavy atom. The lowest BCUT2D eigenvalue weighted by Gasteiger charge is -2.30. The van der Waals surface area contributed by atoms with Crippen molar-refractivity contribution in [3.63, 3.8) is 0 Å². The number of hydrogen-bond donors (Lipinski definition) is 3. The quantitative estimate of drug-likeness (QED) is 0.593. The molecule has 8 heteroatoms. The average Bonchev–Trinajstić information content (AvgIpc) is 3.62. The van der Waals surface area contributed by atoms with Gasteiger partial charge in [-0.25, -0.2) is 0 Å². The second-order valence-electron chi connectivity index (χ2n) is 7.83. The zero-order chi connectivity index (χ0) is 21.6. The second kappa shape index (κ2) is 9.51. The number of aryl methyl sites for hydroxylation is 1. The molecule has 0 unspecified atom stereocenters. The number of para-hydroxylation sites is 1. The molecule has 1 heterocycles. The van der Waals surface area contributed by atoms with E-state index in [0.29, 0.717) is 11.4 Å². The number of hydrogen-bond acceptors (Lipinski definition) is 5. The molecule has 162 valence electrons. The Bertz CT molecular complexity index is 974. The fourth-order valence-electron chi connectivity index (χ4n) is 3.57. The largest absolute Gasteiger partial charge is 0.484 e. The van der Waals surface area contributed by atoms with E-state index in [-0.39, 0.29) is 30.9 Å². The third-order valence-electron chi connectivity index (χ3n) is 5.30. The first kappa shape index (κ1) is 20.7. The molecule has 0 bridgehead atoms. The molecule has 0 saturated heterocycles. The summed E-state index contributed by atoms with van der Waals surface area (Å²) in [6, 6.07) is 14.9. The number of anilines is 2. The SMILES string of the molecule is O=C(COc1cccc(NC(=O)C2CC2)c1)NNC(=O)CN1CCCc2ccccc21. The minimum Gasteiger partial charge on any atom is -0.484 e. The maximum absolute atomic E-state index is 12.3. The van der Waals surface area contributed by atoms with Crippen molar-refractivity contribution < 1.29 is 19.1 Å². The van der Waals surface area contributed by atoms with Crippen molar-refractivity contribution >= 4 is 29.1 Å². The summed E-state index contributed by atoms with van der Waals surface area (Å²) < 4.78 is 5.47. The summed E-state index contributed by atoms with van der Waals surface area (Å²) in [5, 5.41) is 2.84. The van der Waals surface area contributed by atoms with Gasteiger partial charge < -0.3 is 15.0 Å². The molecular formula is C23H26N4O4. The van der Waals surface area contributed by atoms with Crippen LogP contribution in [0.3, 0.4) is 0 Å². The van der Waals surface area contributed by atoms with Crippen LogP contribution >= 0.6 is 0 Å². The minimum atomic E-state index is -0.472. The Morgan fingerprint density at radius 1 is 1.00 bits per heavy atom. The van der Waals surface area contributed by atoms with Crippen LogP contribution in [0.4, 0.5) is 11.4 Å². The molecule has 3 amide bonds. The van der Waals surface area contributed by atoms with Crippen molar-refractivity contribution in [1.82, 2.24) is 10.9 Å². The predicted octanol–water partition coefficient (Wildman–Crippen LogP) is 2.01. The number of hydrazine groups is 1.